The number of carbonyl (C=O) groups is 4. The number of alkyl carbamates (subject to hydrolysis) is 1. The van der Waals surface area contributed by atoms with E-state index < -0.39 is 66.1 Å². The monoisotopic (exact) mass is 678 g/mol. The third-order valence-corrected chi connectivity index (χ3v) is 7.64. The van der Waals surface area contributed by atoms with Crippen LogP contribution in [0.15, 0.2) is 48.8 Å². The second-order valence-electron chi connectivity index (χ2n) is 13.3. The van der Waals surface area contributed by atoms with E-state index in [0.29, 0.717) is 11.1 Å². The number of aromatic nitrogens is 3. The zero-order valence-corrected chi connectivity index (χ0v) is 28.5. The summed E-state index contributed by atoms with van der Waals surface area (Å²) in [4.78, 5) is 55.5. The van der Waals surface area contributed by atoms with Crippen molar-refractivity contribution in [2.24, 2.45) is 11.8 Å². The highest BCUT2D eigenvalue weighted by molar-refractivity contribution is 5.94. The SMILES string of the molecule is CC(C)C(=O)Nc1ncnn2c([C@]3(C#N)O[C@H](COC(=O)Cc4ccccc4)[C@@H](OC(=O)[C@@H](NC(=O)OC(C)(C)C)C(C)C)[C@H]3O)ccc12. The number of hydrogen-bond acceptors (Lipinski definition) is 12. The minimum absolute atomic E-state index is 0.0337. The number of ether oxygens (including phenoxy) is 4. The molecule has 4 rings (SSSR count). The Labute approximate surface area is 283 Å². The number of carbonyl (C=O) groups excluding carboxylic acids is 4. The number of hydrogen-bond donors (Lipinski definition) is 3. The van der Waals surface area contributed by atoms with E-state index in [1.807, 2.05) is 12.1 Å². The van der Waals surface area contributed by atoms with E-state index in [-0.39, 0.29) is 29.8 Å². The number of amides is 2. The summed E-state index contributed by atoms with van der Waals surface area (Å²) in [5, 5.41) is 31.8. The number of nitrogens with zero attached hydrogens (tertiary/aromatic N) is 4. The fraction of sp³-hybridized carbons (Fsp3) is 0.500. The third-order valence-electron chi connectivity index (χ3n) is 7.64. The number of esters is 2. The molecule has 0 radical (unpaired) electrons. The van der Waals surface area contributed by atoms with Gasteiger partial charge in [-0.25, -0.2) is 19.1 Å². The van der Waals surface area contributed by atoms with Gasteiger partial charge in [0.2, 0.25) is 11.5 Å². The molecule has 1 aromatic carbocycles. The molecular weight excluding hydrogens is 636 g/mol. The molecule has 15 nitrogen and oxygen atoms in total. The van der Waals surface area contributed by atoms with Gasteiger partial charge in [-0.15, -0.1) is 0 Å². The van der Waals surface area contributed by atoms with Gasteiger partial charge < -0.3 is 34.7 Å². The van der Waals surface area contributed by atoms with E-state index in [4.69, 9.17) is 18.9 Å². The number of aliphatic hydroxyl groups excluding tert-OH is 1. The van der Waals surface area contributed by atoms with Crippen LogP contribution in [0.4, 0.5) is 10.6 Å². The third kappa shape index (κ3) is 8.51. The molecule has 0 spiro atoms. The van der Waals surface area contributed by atoms with Gasteiger partial charge in [-0.3, -0.25) is 9.59 Å². The van der Waals surface area contributed by atoms with Crippen LogP contribution in [0.1, 0.15) is 59.7 Å². The Morgan fingerprint density at radius 2 is 1.80 bits per heavy atom. The maximum atomic E-state index is 13.6. The molecule has 3 N–H and O–H groups in total. The standard InChI is InChI=1S/C34H42N6O9/c1-19(2)26(38-32(45)49-33(5,6)7)31(44)47-27-23(16-46-25(41)15-21-11-9-8-10-12-21)48-34(17-35,28(27)42)24-14-13-22-29(36-18-37-40(22)24)39-30(43)20(3)4/h8-14,18-20,23,26-28,42H,15-16H2,1-7H3,(H,38,45)(H,36,37,39,43)/t23-,26+,27-,28-,34+/m1/s1. The first-order valence-electron chi connectivity index (χ1n) is 15.9. The fourth-order valence-electron chi connectivity index (χ4n) is 5.14. The Hall–Kier alpha value is -5.07. The van der Waals surface area contributed by atoms with Gasteiger partial charge in [0, 0.05) is 5.92 Å². The van der Waals surface area contributed by atoms with E-state index in [1.54, 1.807) is 72.7 Å². The highest BCUT2D eigenvalue weighted by Crippen LogP contribution is 2.42. The van der Waals surface area contributed by atoms with Crippen molar-refractivity contribution in [3.8, 4) is 6.07 Å². The van der Waals surface area contributed by atoms with Crippen molar-refractivity contribution in [2.75, 3.05) is 11.9 Å². The summed E-state index contributed by atoms with van der Waals surface area (Å²) in [6.45, 7) is 11.3. The zero-order chi connectivity index (χ0) is 36.1. The van der Waals surface area contributed by atoms with Gasteiger partial charge in [0.1, 0.15) is 48.4 Å². The molecule has 15 heteroatoms. The number of anilines is 1. The van der Waals surface area contributed by atoms with Gasteiger partial charge in [0.25, 0.3) is 0 Å². The van der Waals surface area contributed by atoms with Gasteiger partial charge in [-0.2, -0.15) is 10.4 Å². The van der Waals surface area contributed by atoms with Gasteiger partial charge in [0.05, 0.1) is 12.1 Å². The molecule has 0 saturated carbocycles. The summed E-state index contributed by atoms with van der Waals surface area (Å²) in [5.74, 6) is -2.54. The predicted molar refractivity (Wildman–Crippen MR) is 174 cm³/mol. The molecule has 2 aromatic heterocycles. The van der Waals surface area contributed by atoms with Gasteiger partial charge in [-0.1, -0.05) is 58.0 Å². The summed E-state index contributed by atoms with van der Waals surface area (Å²) in [6, 6.07) is 12.7. The van der Waals surface area contributed by atoms with Crippen LogP contribution in [0.5, 0.6) is 0 Å². The first kappa shape index (κ1) is 36.8. The zero-order valence-electron chi connectivity index (χ0n) is 28.5. The van der Waals surface area contributed by atoms with E-state index >= 15 is 0 Å². The average molecular weight is 679 g/mol. The van der Waals surface area contributed by atoms with Crippen LogP contribution in [-0.4, -0.2) is 80.2 Å². The molecule has 0 unspecified atom stereocenters. The molecule has 262 valence electrons. The van der Waals surface area contributed by atoms with Crippen LogP contribution in [0, 0.1) is 23.2 Å². The van der Waals surface area contributed by atoms with Crippen molar-refractivity contribution in [1.82, 2.24) is 19.9 Å². The minimum atomic E-state index is -2.20. The van der Waals surface area contributed by atoms with Crippen molar-refractivity contribution >= 4 is 35.3 Å². The number of fused-ring (bicyclic) bond motifs is 1. The lowest BCUT2D eigenvalue weighted by Crippen LogP contribution is -2.50. The first-order valence-corrected chi connectivity index (χ1v) is 15.9. The lowest BCUT2D eigenvalue weighted by Gasteiger charge is -2.28. The molecule has 0 aliphatic carbocycles. The van der Waals surface area contributed by atoms with E-state index in [9.17, 15) is 29.5 Å². The van der Waals surface area contributed by atoms with Crippen LogP contribution in [0.25, 0.3) is 5.52 Å². The van der Waals surface area contributed by atoms with E-state index in [2.05, 4.69) is 20.7 Å². The Morgan fingerprint density at radius 1 is 1.10 bits per heavy atom. The molecule has 5 atom stereocenters. The van der Waals surface area contributed by atoms with Crippen molar-refractivity contribution in [3.05, 3.63) is 60.0 Å². The quantitative estimate of drug-likeness (QED) is 0.198. The topological polar surface area (TPSA) is 203 Å². The fourth-order valence-corrected chi connectivity index (χ4v) is 5.14. The molecular formula is C34H42N6O9. The summed E-state index contributed by atoms with van der Waals surface area (Å²) in [5.41, 5.74) is -2.02. The van der Waals surface area contributed by atoms with Crippen molar-refractivity contribution in [3.63, 3.8) is 0 Å². The van der Waals surface area contributed by atoms with Crippen LogP contribution < -0.4 is 10.6 Å². The van der Waals surface area contributed by atoms with Crippen molar-refractivity contribution in [1.29, 1.82) is 5.26 Å². The number of aliphatic hydroxyl groups is 1. The van der Waals surface area contributed by atoms with Crippen molar-refractivity contribution in [2.45, 2.75) is 90.4 Å². The summed E-state index contributed by atoms with van der Waals surface area (Å²) in [6.07, 6.45) is -4.48. The van der Waals surface area contributed by atoms with E-state index in [0.717, 1.165) is 6.33 Å². The highest BCUT2D eigenvalue weighted by Gasteiger charge is 2.60. The minimum Gasteiger partial charge on any atom is -0.463 e. The van der Waals surface area contributed by atoms with E-state index in [1.165, 1.54) is 16.6 Å². The molecule has 3 aromatic rings. The maximum Gasteiger partial charge on any atom is 0.408 e. The largest absolute Gasteiger partial charge is 0.463 e. The van der Waals surface area contributed by atoms with Crippen LogP contribution in [-0.2, 0) is 45.4 Å². The molecule has 3 heterocycles. The summed E-state index contributed by atoms with van der Waals surface area (Å²) in [7, 11) is 0. The lowest BCUT2D eigenvalue weighted by molar-refractivity contribution is -0.163. The molecule has 0 bridgehead atoms. The Balaban J connectivity index is 1.67. The smallest absolute Gasteiger partial charge is 0.408 e. The van der Waals surface area contributed by atoms with Crippen LogP contribution >= 0.6 is 0 Å². The highest BCUT2D eigenvalue weighted by atomic mass is 16.6. The molecule has 49 heavy (non-hydrogen) atoms. The van der Waals surface area contributed by atoms with Gasteiger partial charge in [-0.05, 0) is 44.4 Å². The second kappa shape index (κ2) is 15.0. The first-order chi connectivity index (χ1) is 23.1. The Kier molecular flexibility index (Phi) is 11.3. The molecule has 2 amide bonds. The number of rotatable bonds is 11. The molecule has 1 aliphatic heterocycles. The normalized spacial score (nSPS) is 21.2. The van der Waals surface area contributed by atoms with Gasteiger partial charge in [0.15, 0.2) is 11.9 Å². The molecule has 1 fully saturated rings. The second-order valence-corrected chi connectivity index (χ2v) is 13.3. The van der Waals surface area contributed by atoms with Gasteiger partial charge >= 0.3 is 18.0 Å². The Morgan fingerprint density at radius 3 is 2.41 bits per heavy atom. The molecule has 1 aliphatic rings. The summed E-state index contributed by atoms with van der Waals surface area (Å²) >= 11 is 0. The number of benzene rings is 1. The van der Waals surface area contributed by atoms with Crippen LogP contribution in [0.2, 0.25) is 0 Å². The number of nitrogens with one attached hydrogen (secondary N) is 2. The average Bonchev–Trinajstić information content (AvgIpc) is 3.58. The Bertz CT molecular complexity index is 1710. The molecule has 1 saturated heterocycles. The maximum absolute atomic E-state index is 13.6. The predicted octanol–water partition coefficient (Wildman–Crippen LogP) is 3.05. The number of nitriles is 1. The lowest BCUT2D eigenvalue weighted by atomic mass is 9.92. The van der Waals surface area contributed by atoms with Crippen LogP contribution in [0.3, 0.4) is 0 Å². The summed E-state index contributed by atoms with van der Waals surface area (Å²) < 4.78 is 24.0. The van der Waals surface area contributed by atoms with Crippen molar-refractivity contribution < 1.29 is 43.2 Å².